The molecule has 4 rings (SSSR count). The number of carbonyl (C=O) groups excluding carboxylic acids is 2. The van der Waals surface area contributed by atoms with Crippen molar-refractivity contribution in [3.05, 3.63) is 40.2 Å². The molecular formula is C22H28FN5O2S. The molecular weight excluding hydrogens is 417 g/mol. The molecule has 9 heteroatoms. The van der Waals surface area contributed by atoms with Gasteiger partial charge in [0.25, 0.3) is 5.91 Å². The third-order valence-electron chi connectivity index (χ3n) is 6.31. The van der Waals surface area contributed by atoms with Crippen molar-refractivity contribution in [3.8, 4) is 0 Å². The molecule has 31 heavy (non-hydrogen) atoms. The normalized spacial score (nSPS) is 21.4. The second kappa shape index (κ2) is 8.53. The number of hydrogen-bond donors (Lipinski definition) is 2. The Morgan fingerprint density at radius 1 is 1.29 bits per heavy atom. The largest absolute Gasteiger partial charge is 0.339 e. The van der Waals surface area contributed by atoms with Crippen LogP contribution in [0.15, 0.2) is 18.2 Å². The first-order chi connectivity index (χ1) is 14.8. The topological polar surface area (TPSA) is 83.0 Å². The lowest BCUT2D eigenvalue weighted by molar-refractivity contribution is -0.117. The summed E-state index contributed by atoms with van der Waals surface area (Å²) < 4.78 is 16.6. The van der Waals surface area contributed by atoms with Gasteiger partial charge in [0.15, 0.2) is 4.77 Å². The molecule has 1 aromatic carbocycles. The van der Waals surface area contributed by atoms with E-state index < -0.39 is 5.82 Å². The number of nitrogens with zero attached hydrogens (tertiary/aromatic N) is 3. The van der Waals surface area contributed by atoms with Crippen molar-refractivity contribution < 1.29 is 14.0 Å². The third kappa shape index (κ3) is 4.42. The molecule has 1 aliphatic carbocycles. The van der Waals surface area contributed by atoms with Crippen molar-refractivity contribution in [2.24, 2.45) is 11.8 Å². The molecule has 0 bridgehead atoms. The fourth-order valence-electron chi connectivity index (χ4n) is 4.33. The lowest BCUT2D eigenvalue weighted by atomic mass is 9.95. The Morgan fingerprint density at radius 3 is 2.58 bits per heavy atom. The zero-order valence-corrected chi connectivity index (χ0v) is 18.8. The number of likely N-dealkylation sites (tertiary alicyclic amines) is 1. The number of rotatable bonds is 5. The third-order valence-corrected chi connectivity index (χ3v) is 6.60. The van der Waals surface area contributed by atoms with Gasteiger partial charge in [-0.05, 0) is 69.4 Å². The van der Waals surface area contributed by atoms with E-state index in [0.717, 1.165) is 25.1 Å². The number of aromatic amines is 1. The molecule has 2 aromatic rings. The van der Waals surface area contributed by atoms with Gasteiger partial charge in [-0.3, -0.25) is 14.7 Å². The summed E-state index contributed by atoms with van der Waals surface area (Å²) >= 11 is 5.35. The SMILES string of the molecule is CC1CC1C(=O)Nc1ccc(F)cc1C(=O)N1CCC(c2n[nH]c(=S)n2C(C)C)CC1. The number of nitrogens with one attached hydrogen (secondary N) is 2. The van der Waals surface area contributed by atoms with Gasteiger partial charge in [0.1, 0.15) is 11.6 Å². The average molecular weight is 446 g/mol. The van der Waals surface area contributed by atoms with E-state index in [1.807, 2.05) is 11.5 Å². The molecule has 2 aliphatic rings. The van der Waals surface area contributed by atoms with E-state index in [4.69, 9.17) is 12.2 Å². The number of benzene rings is 1. The Bertz CT molecular complexity index is 1050. The van der Waals surface area contributed by atoms with Crippen molar-refractivity contribution in [1.29, 1.82) is 0 Å². The van der Waals surface area contributed by atoms with Crippen molar-refractivity contribution >= 4 is 29.7 Å². The molecule has 7 nitrogen and oxygen atoms in total. The number of carbonyl (C=O) groups is 2. The maximum absolute atomic E-state index is 13.9. The molecule has 2 amide bonds. The van der Waals surface area contributed by atoms with Crippen LogP contribution in [-0.2, 0) is 4.79 Å². The van der Waals surface area contributed by atoms with Gasteiger partial charge < -0.3 is 14.8 Å². The highest BCUT2D eigenvalue weighted by Gasteiger charge is 2.39. The van der Waals surface area contributed by atoms with Crippen molar-refractivity contribution in [1.82, 2.24) is 19.7 Å². The Morgan fingerprint density at radius 2 is 1.97 bits per heavy atom. The van der Waals surface area contributed by atoms with Crippen LogP contribution in [-0.4, -0.2) is 44.6 Å². The monoisotopic (exact) mass is 445 g/mol. The summed E-state index contributed by atoms with van der Waals surface area (Å²) in [6.07, 6.45) is 2.34. The first-order valence-corrected chi connectivity index (χ1v) is 11.2. The van der Waals surface area contributed by atoms with Crippen LogP contribution >= 0.6 is 12.2 Å². The van der Waals surface area contributed by atoms with E-state index in [-0.39, 0.29) is 35.3 Å². The van der Waals surface area contributed by atoms with Crippen LogP contribution in [0.2, 0.25) is 0 Å². The second-order valence-electron chi connectivity index (χ2n) is 8.92. The maximum Gasteiger partial charge on any atom is 0.256 e. The number of hydrogen-bond acceptors (Lipinski definition) is 4. The molecule has 2 N–H and O–H groups in total. The number of piperidine rings is 1. The predicted molar refractivity (Wildman–Crippen MR) is 118 cm³/mol. The first kappa shape index (κ1) is 21.7. The second-order valence-corrected chi connectivity index (χ2v) is 9.30. The molecule has 2 unspecified atom stereocenters. The van der Waals surface area contributed by atoms with E-state index >= 15 is 0 Å². The number of halogens is 1. The summed E-state index contributed by atoms with van der Waals surface area (Å²) in [5.41, 5.74) is 0.572. The van der Waals surface area contributed by atoms with Gasteiger partial charge in [0.2, 0.25) is 5.91 Å². The molecule has 0 spiro atoms. The zero-order valence-electron chi connectivity index (χ0n) is 18.0. The molecule has 166 valence electrons. The van der Waals surface area contributed by atoms with Gasteiger partial charge in [-0.15, -0.1) is 0 Å². The van der Waals surface area contributed by atoms with Gasteiger partial charge in [0.05, 0.1) is 11.3 Å². The highest BCUT2D eigenvalue weighted by molar-refractivity contribution is 7.71. The van der Waals surface area contributed by atoms with E-state index in [1.165, 1.54) is 18.2 Å². The maximum atomic E-state index is 13.9. The molecule has 2 atom stereocenters. The molecule has 2 fully saturated rings. The predicted octanol–water partition coefficient (Wildman–Crippen LogP) is 4.27. The molecule has 0 radical (unpaired) electrons. The minimum atomic E-state index is -0.497. The molecule has 1 saturated heterocycles. The number of H-pyrrole nitrogens is 1. The summed E-state index contributed by atoms with van der Waals surface area (Å²) in [6.45, 7) is 7.21. The van der Waals surface area contributed by atoms with Crippen LogP contribution in [0.5, 0.6) is 0 Å². The van der Waals surface area contributed by atoms with Gasteiger partial charge in [-0.25, -0.2) is 4.39 Å². The standard InChI is InChI=1S/C22H28FN5O2S/c1-12(2)28-19(25-26-22(28)31)14-6-8-27(9-7-14)21(30)17-11-15(23)4-5-18(17)24-20(29)16-10-13(16)3/h4-5,11-14,16H,6-10H2,1-3H3,(H,24,29)(H,26,31). The summed E-state index contributed by atoms with van der Waals surface area (Å²) in [5.74, 6) is 0.572. The quantitative estimate of drug-likeness (QED) is 0.673. The smallest absolute Gasteiger partial charge is 0.256 e. The lowest BCUT2D eigenvalue weighted by Gasteiger charge is -2.32. The van der Waals surface area contributed by atoms with Gasteiger partial charge >= 0.3 is 0 Å². The summed E-state index contributed by atoms with van der Waals surface area (Å²) in [6, 6.07) is 4.16. The van der Waals surface area contributed by atoms with Crippen LogP contribution in [0.1, 0.15) is 68.2 Å². The molecule has 1 saturated carbocycles. The minimum absolute atomic E-state index is 0.0282. The fourth-order valence-corrected chi connectivity index (χ4v) is 4.68. The van der Waals surface area contributed by atoms with Crippen LogP contribution in [0.3, 0.4) is 0 Å². The van der Waals surface area contributed by atoms with Crippen molar-refractivity contribution in [2.75, 3.05) is 18.4 Å². The summed E-state index contributed by atoms with van der Waals surface area (Å²) in [4.78, 5) is 27.3. The van der Waals surface area contributed by atoms with Crippen LogP contribution in [0.25, 0.3) is 0 Å². The summed E-state index contributed by atoms with van der Waals surface area (Å²) in [7, 11) is 0. The van der Waals surface area contributed by atoms with Gasteiger partial charge in [0, 0.05) is 31.0 Å². The molecule has 2 heterocycles. The van der Waals surface area contributed by atoms with Crippen molar-refractivity contribution in [2.45, 2.75) is 52.0 Å². The van der Waals surface area contributed by atoms with E-state index in [9.17, 15) is 14.0 Å². The number of amides is 2. The minimum Gasteiger partial charge on any atom is -0.339 e. The molecule has 1 aromatic heterocycles. The van der Waals surface area contributed by atoms with Crippen molar-refractivity contribution in [3.63, 3.8) is 0 Å². The van der Waals surface area contributed by atoms with Gasteiger partial charge in [-0.2, -0.15) is 5.10 Å². The first-order valence-electron chi connectivity index (χ1n) is 10.8. The average Bonchev–Trinajstić information content (AvgIpc) is 3.35. The van der Waals surface area contributed by atoms with E-state index in [2.05, 4.69) is 29.4 Å². The number of aromatic nitrogens is 3. The van der Waals surface area contributed by atoms with Gasteiger partial charge in [-0.1, -0.05) is 6.92 Å². The van der Waals surface area contributed by atoms with Crippen LogP contribution < -0.4 is 5.32 Å². The Kier molecular flexibility index (Phi) is 5.96. The molecule has 1 aliphatic heterocycles. The fraction of sp³-hybridized carbons (Fsp3) is 0.545. The van der Waals surface area contributed by atoms with Crippen LogP contribution in [0.4, 0.5) is 10.1 Å². The Balaban J connectivity index is 1.47. The zero-order chi connectivity index (χ0) is 22.3. The highest BCUT2D eigenvalue weighted by Crippen LogP contribution is 2.39. The van der Waals surface area contributed by atoms with E-state index in [1.54, 1.807) is 4.90 Å². The highest BCUT2D eigenvalue weighted by atomic mass is 32.1. The lowest BCUT2D eigenvalue weighted by Crippen LogP contribution is -2.39. The Labute approximate surface area is 186 Å². The van der Waals surface area contributed by atoms with Crippen LogP contribution in [0, 0.1) is 22.4 Å². The summed E-state index contributed by atoms with van der Waals surface area (Å²) in [5, 5.41) is 10.1. The Hall–Kier alpha value is -2.55. The van der Waals surface area contributed by atoms with E-state index in [0.29, 0.717) is 29.5 Å². The number of anilines is 1.